The molecule has 1 fully saturated rings. The second kappa shape index (κ2) is 9.14. The lowest BCUT2D eigenvalue weighted by atomic mass is 10.2. The number of hydrogen-bond acceptors (Lipinski definition) is 6. The van der Waals surface area contributed by atoms with E-state index in [0.29, 0.717) is 30.3 Å². The summed E-state index contributed by atoms with van der Waals surface area (Å²) in [6, 6.07) is 11.1. The standard InChI is InChI=1S/C20H22N6O3.H2S/c21-16(27)11-29-10-13-9-14-19(23-13)24-18(12-5-2-1-3-6-12)25-20(14)26-8-4-7-15(26)17(22)28;/h1-3,5-6,9,15H,4,7-8,10-11H2,(H2,21,27)(H2,22,28)(H,23,24,25);1H2. The number of primary amides is 2. The fraction of sp³-hybridized carbons (Fsp3) is 0.300. The first-order valence-corrected chi connectivity index (χ1v) is 9.40. The maximum Gasteiger partial charge on any atom is 0.243 e. The highest BCUT2D eigenvalue weighted by atomic mass is 32.1. The van der Waals surface area contributed by atoms with Gasteiger partial charge in [-0.3, -0.25) is 9.59 Å². The van der Waals surface area contributed by atoms with E-state index in [-0.39, 0.29) is 32.6 Å². The Balaban J connectivity index is 0.00000256. The van der Waals surface area contributed by atoms with Crippen molar-refractivity contribution in [3.8, 4) is 11.4 Å². The van der Waals surface area contributed by atoms with Gasteiger partial charge in [0, 0.05) is 17.8 Å². The lowest BCUT2D eigenvalue weighted by Crippen LogP contribution is -2.40. The molecule has 5 N–H and O–H groups in total. The highest BCUT2D eigenvalue weighted by Gasteiger charge is 2.32. The first-order valence-electron chi connectivity index (χ1n) is 9.40. The largest absolute Gasteiger partial charge is 0.368 e. The minimum Gasteiger partial charge on any atom is -0.368 e. The SMILES string of the molecule is NC(=O)COCc1cc2c(N3CCCC3C(N)=O)nc(-c3ccccc3)nc2[nH]1.S. The number of benzene rings is 1. The number of carbonyl (C=O) groups is 2. The maximum absolute atomic E-state index is 12.0. The normalized spacial score (nSPS) is 15.9. The van der Waals surface area contributed by atoms with Crippen molar-refractivity contribution in [2.45, 2.75) is 25.5 Å². The van der Waals surface area contributed by atoms with Crippen LogP contribution in [-0.2, 0) is 20.9 Å². The average Bonchev–Trinajstić information content (AvgIpc) is 3.34. The summed E-state index contributed by atoms with van der Waals surface area (Å²) in [6.07, 6.45) is 1.55. The van der Waals surface area contributed by atoms with Gasteiger partial charge < -0.3 is 26.1 Å². The Morgan fingerprint density at radius 2 is 1.97 bits per heavy atom. The summed E-state index contributed by atoms with van der Waals surface area (Å²) < 4.78 is 5.31. The molecule has 2 amide bonds. The van der Waals surface area contributed by atoms with Crippen molar-refractivity contribution in [2.24, 2.45) is 11.5 Å². The van der Waals surface area contributed by atoms with E-state index in [1.54, 1.807) is 0 Å². The van der Waals surface area contributed by atoms with Gasteiger partial charge in [-0.05, 0) is 18.9 Å². The molecular weight excluding hydrogens is 404 g/mol. The molecule has 158 valence electrons. The Kier molecular flexibility index (Phi) is 6.58. The lowest BCUT2D eigenvalue weighted by Gasteiger charge is -2.24. The number of ether oxygens (including phenoxy) is 1. The quantitative estimate of drug-likeness (QED) is 0.516. The summed E-state index contributed by atoms with van der Waals surface area (Å²) >= 11 is 0. The number of anilines is 1. The number of nitrogens with two attached hydrogens (primary N) is 2. The average molecular weight is 429 g/mol. The summed E-state index contributed by atoms with van der Waals surface area (Å²) in [7, 11) is 0. The lowest BCUT2D eigenvalue weighted by molar-refractivity contribution is -0.123. The second-order valence-electron chi connectivity index (χ2n) is 7.01. The summed E-state index contributed by atoms with van der Waals surface area (Å²) in [4.78, 5) is 37.5. The number of fused-ring (bicyclic) bond motifs is 1. The minimum absolute atomic E-state index is 0. The van der Waals surface area contributed by atoms with Gasteiger partial charge in [0.15, 0.2) is 5.82 Å². The van der Waals surface area contributed by atoms with Crippen molar-refractivity contribution in [3.63, 3.8) is 0 Å². The van der Waals surface area contributed by atoms with Crippen LogP contribution < -0.4 is 16.4 Å². The molecule has 0 radical (unpaired) electrons. The predicted octanol–water partition coefficient (Wildman–Crippen LogP) is 1.19. The van der Waals surface area contributed by atoms with Crippen LogP contribution >= 0.6 is 13.5 Å². The third-order valence-corrected chi connectivity index (χ3v) is 4.91. The number of nitrogens with one attached hydrogen (secondary N) is 1. The van der Waals surface area contributed by atoms with Crippen molar-refractivity contribution in [2.75, 3.05) is 18.1 Å². The highest BCUT2D eigenvalue weighted by Crippen LogP contribution is 2.32. The van der Waals surface area contributed by atoms with Gasteiger partial charge in [0.2, 0.25) is 11.8 Å². The molecule has 1 saturated heterocycles. The molecule has 0 bridgehead atoms. The van der Waals surface area contributed by atoms with Crippen LogP contribution in [0.2, 0.25) is 0 Å². The third-order valence-electron chi connectivity index (χ3n) is 4.91. The van der Waals surface area contributed by atoms with Crippen molar-refractivity contribution in [3.05, 3.63) is 42.1 Å². The molecule has 10 heteroatoms. The maximum atomic E-state index is 12.0. The zero-order valence-electron chi connectivity index (χ0n) is 16.3. The van der Waals surface area contributed by atoms with Gasteiger partial charge in [-0.25, -0.2) is 9.97 Å². The first-order chi connectivity index (χ1) is 14.0. The number of nitrogens with zero attached hydrogens (tertiary/aromatic N) is 3. The molecule has 9 nitrogen and oxygen atoms in total. The third kappa shape index (κ3) is 4.39. The Morgan fingerprint density at radius 3 is 2.67 bits per heavy atom. The molecule has 2 aromatic heterocycles. The zero-order chi connectivity index (χ0) is 20.4. The van der Waals surface area contributed by atoms with Gasteiger partial charge in [-0.1, -0.05) is 30.3 Å². The monoisotopic (exact) mass is 428 g/mol. The van der Waals surface area contributed by atoms with Crippen molar-refractivity contribution in [1.29, 1.82) is 0 Å². The molecule has 3 heterocycles. The number of aromatic amines is 1. The van der Waals surface area contributed by atoms with Crippen LogP contribution in [0.15, 0.2) is 36.4 Å². The van der Waals surface area contributed by atoms with Crippen molar-refractivity contribution < 1.29 is 14.3 Å². The molecule has 3 aromatic rings. The molecule has 1 aliphatic rings. The van der Waals surface area contributed by atoms with Gasteiger partial charge in [-0.15, -0.1) is 0 Å². The number of amides is 2. The Morgan fingerprint density at radius 1 is 1.20 bits per heavy atom. The molecule has 0 aliphatic carbocycles. The van der Waals surface area contributed by atoms with Gasteiger partial charge in [0.1, 0.15) is 24.1 Å². The van der Waals surface area contributed by atoms with E-state index in [1.807, 2.05) is 41.3 Å². The van der Waals surface area contributed by atoms with Gasteiger partial charge >= 0.3 is 0 Å². The molecule has 1 aliphatic heterocycles. The van der Waals surface area contributed by atoms with Gasteiger partial charge in [0.25, 0.3) is 0 Å². The number of aromatic nitrogens is 3. The van der Waals surface area contributed by atoms with Gasteiger partial charge in [-0.2, -0.15) is 13.5 Å². The van der Waals surface area contributed by atoms with Crippen molar-refractivity contribution in [1.82, 2.24) is 15.0 Å². The van der Waals surface area contributed by atoms with E-state index in [2.05, 4.69) is 9.97 Å². The highest BCUT2D eigenvalue weighted by molar-refractivity contribution is 7.59. The van der Waals surface area contributed by atoms with E-state index in [4.69, 9.17) is 21.2 Å². The van der Waals surface area contributed by atoms with Crippen LogP contribution in [0.1, 0.15) is 18.5 Å². The van der Waals surface area contributed by atoms with E-state index in [9.17, 15) is 9.59 Å². The number of hydrogen-bond donors (Lipinski definition) is 3. The summed E-state index contributed by atoms with van der Waals surface area (Å²) in [5, 5.41) is 0.774. The Labute approximate surface area is 180 Å². The minimum atomic E-state index is -0.533. The molecule has 0 saturated carbocycles. The number of H-pyrrole nitrogens is 1. The fourth-order valence-corrected chi connectivity index (χ4v) is 3.64. The molecule has 1 atom stereocenters. The molecule has 1 unspecified atom stereocenters. The topological polar surface area (TPSA) is 140 Å². The molecule has 1 aromatic carbocycles. The van der Waals surface area contributed by atoms with Crippen LogP contribution in [0.25, 0.3) is 22.4 Å². The van der Waals surface area contributed by atoms with Gasteiger partial charge in [0.05, 0.1) is 12.0 Å². The Hall–Kier alpha value is -3.11. The van der Waals surface area contributed by atoms with Crippen LogP contribution in [0.5, 0.6) is 0 Å². The molecule has 4 rings (SSSR count). The fourth-order valence-electron chi connectivity index (χ4n) is 3.64. The smallest absolute Gasteiger partial charge is 0.243 e. The molecular formula is C20H24N6O3S. The number of carbonyl (C=O) groups excluding carboxylic acids is 2. The van der Waals surface area contributed by atoms with E-state index >= 15 is 0 Å². The van der Waals surface area contributed by atoms with Crippen molar-refractivity contribution >= 4 is 42.2 Å². The summed E-state index contributed by atoms with van der Waals surface area (Å²) in [5.74, 6) is 0.313. The van der Waals surface area contributed by atoms with Crippen LogP contribution in [0, 0.1) is 0 Å². The molecule has 0 spiro atoms. The predicted molar refractivity (Wildman–Crippen MR) is 118 cm³/mol. The summed E-state index contributed by atoms with van der Waals surface area (Å²) in [5.41, 5.74) is 13.0. The Bertz CT molecular complexity index is 1060. The van der Waals surface area contributed by atoms with E-state index in [0.717, 1.165) is 23.1 Å². The summed E-state index contributed by atoms with van der Waals surface area (Å²) in [6.45, 7) is 0.699. The number of rotatable bonds is 7. The van der Waals surface area contributed by atoms with Crippen LogP contribution in [0.3, 0.4) is 0 Å². The zero-order valence-corrected chi connectivity index (χ0v) is 17.3. The van der Waals surface area contributed by atoms with Crippen LogP contribution in [0.4, 0.5) is 5.82 Å². The van der Waals surface area contributed by atoms with E-state index in [1.165, 1.54) is 0 Å². The van der Waals surface area contributed by atoms with Crippen LogP contribution in [-0.4, -0.2) is 46.0 Å². The second-order valence-corrected chi connectivity index (χ2v) is 7.01. The first kappa shape index (κ1) is 21.6. The molecule has 30 heavy (non-hydrogen) atoms. The van der Waals surface area contributed by atoms with E-state index < -0.39 is 11.9 Å².